The predicted octanol–water partition coefficient (Wildman–Crippen LogP) is 3.85. The van der Waals surface area contributed by atoms with Gasteiger partial charge in [-0.2, -0.15) is 0 Å². The average molecular weight is 1540 g/mol. The van der Waals surface area contributed by atoms with E-state index in [4.69, 9.17) is 47.4 Å². The van der Waals surface area contributed by atoms with Crippen LogP contribution in [0.5, 0.6) is 0 Å². The van der Waals surface area contributed by atoms with E-state index >= 15 is 0 Å². The van der Waals surface area contributed by atoms with Crippen LogP contribution in [0.1, 0.15) is 142 Å². The highest BCUT2D eigenvalue weighted by Crippen LogP contribution is 2.43. The summed E-state index contributed by atoms with van der Waals surface area (Å²) in [5, 5.41) is 132. The molecule has 22 unspecified atom stereocenters. The molecule has 109 heavy (non-hydrogen) atoms. The molecule has 0 bridgehead atoms. The summed E-state index contributed by atoms with van der Waals surface area (Å²) in [6.07, 6.45) is -2.52. The summed E-state index contributed by atoms with van der Waals surface area (Å²) in [7, 11) is 0. The predicted molar refractivity (Wildman–Crippen MR) is 394 cm³/mol. The van der Waals surface area contributed by atoms with Gasteiger partial charge in [-0.15, -0.1) is 0 Å². The van der Waals surface area contributed by atoms with Crippen molar-refractivity contribution in [1.29, 1.82) is 0 Å². The minimum absolute atomic E-state index is 0.216. The molecular formula is C80H114O29. The fraction of sp³-hybridized carbons (Fsp3) is 0.600. The molecule has 608 valence electrons. The number of carbonyl (C=O) groups is 6. The van der Waals surface area contributed by atoms with Crippen LogP contribution in [-0.4, -0.2) is 257 Å². The number of ether oxygens (including phenoxy) is 10. The van der Waals surface area contributed by atoms with Crippen LogP contribution in [0.3, 0.4) is 0 Å². The number of Topliss-reactive ketones (excluding diaryl/α,β-unsaturated/α-hetero) is 2. The van der Waals surface area contributed by atoms with Gasteiger partial charge in [0, 0.05) is 12.8 Å². The van der Waals surface area contributed by atoms with Crippen LogP contribution in [0.2, 0.25) is 0 Å². The second-order valence-electron chi connectivity index (χ2n) is 29.2. The van der Waals surface area contributed by atoms with Crippen molar-refractivity contribution in [2.75, 3.05) is 19.8 Å². The normalized spacial score (nSPS) is 33.9. The van der Waals surface area contributed by atoms with Gasteiger partial charge >= 0.3 is 23.9 Å². The van der Waals surface area contributed by atoms with Crippen molar-refractivity contribution >= 4 is 35.4 Å². The summed E-state index contributed by atoms with van der Waals surface area (Å²) in [6, 6.07) is 0. The molecule has 13 N–H and O–H groups in total. The summed E-state index contributed by atoms with van der Waals surface area (Å²) < 4.78 is 54.0. The second-order valence-corrected chi connectivity index (χ2v) is 29.2. The van der Waals surface area contributed by atoms with E-state index in [9.17, 15) is 95.2 Å². The van der Waals surface area contributed by atoms with Crippen LogP contribution in [0.15, 0.2) is 153 Å². The lowest BCUT2D eigenvalue weighted by Crippen LogP contribution is -2.64. The smallest absolute Gasteiger partial charge is 0.307 e. The van der Waals surface area contributed by atoms with Gasteiger partial charge in [-0.25, -0.2) is 0 Å². The molecule has 4 heterocycles. The van der Waals surface area contributed by atoms with E-state index in [1.807, 2.05) is 179 Å². The van der Waals surface area contributed by atoms with E-state index in [0.29, 0.717) is 11.1 Å². The van der Waals surface area contributed by atoms with Gasteiger partial charge in [-0.3, -0.25) is 28.8 Å². The minimum atomic E-state index is -1.93. The van der Waals surface area contributed by atoms with E-state index in [0.717, 1.165) is 39.0 Å². The SMILES string of the molecule is C/C=C(C)/C=C/C=C(C)/C=C/C1=C(C)C(=O)C(OC(=O)CCC(=O)OCC2OC(O)C(O)C(O)C2OC2OC(CC)C(O)C(O)C2O)CC1(C)C.C/C=C/C(C)=C/C=C/C=C(C)/C=C/C=C(C)/C=C/C1=C(C)C(=O)C(OC(=O)CCC(=O)OCC2OC(O)C(O)C(O)C2OC2OC(CO)C(O)C(O)C2O)CC1(C)C. The number of esters is 4. The molecule has 0 amide bonds. The molecule has 0 radical (unpaired) electrons. The maximum absolute atomic E-state index is 13.3. The molecule has 4 fully saturated rings. The standard InChI is InChI=1S/C43H60O15.C37H54O14/c1-8-12-24(2)13-9-10-14-25(3)15-11-16-26(4)17-18-28-27(5)34(47)29(21-43(28,6)7)55-33(46)20-19-32(45)54-23-31-40(37(50)38(51)41(53)56-31)58-42-39(52)36(49)35(48)30(22-44)57-42;1-8-19(3)11-10-12-20(4)13-14-22-21(5)28(40)24(17-37(22,6)7)48-27(39)16-15-26(38)47-18-25-34(31(43)32(44)35(46)49-25)51-36-33(45)30(42)29(41)23(9-2)50-36/h8-18,29-31,35-42,44,48-53H,19-23H2,1-7H3;8,10-14,23-25,29-36,41-46H,9,15-18H2,1-7H3/b10-9+,12-8+,15-11+,18-17+,24-13+,25-14+,26-16+;11-10+,14-13+,19-8+,20-12+. The Bertz CT molecular complexity index is 3520. The lowest BCUT2D eigenvalue weighted by atomic mass is 9.71. The molecule has 29 nitrogen and oxygen atoms in total. The van der Waals surface area contributed by atoms with Crippen LogP contribution in [0, 0.1) is 10.8 Å². The van der Waals surface area contributed by atoms with Gasteiger partial charge in [-0.05, 0) is 102 Å². The zero-order chi connectivity index (χ0) is 81.5. The highest BCUT2D eigenvalue weighted by Gasteiger charge is 2.53. The minimum Gasteiger partial charge on any atom is -0.463 e. The molecule has 2 aliphatic carbocycles. The van der Waals surface area contributed by atoms with Crippen molar-refractivity contribution in [3.63, 3.8) is 0 Å². The number of ketones is 2. The fourth-order valence-electron chi connectivity index (χ4n) is 12.8. The number of carbonyl (C=O) groups excluding carboxylic acids is 6. The van der Waals surface area contributed by atoms with E-state index in [2.05, 4.69) is 0 Å². The first-order valence-corrected chi connectivity index (χ1v) is 36.5. The highest BCUT2D eigenvalue weighted by molar-refractivity contribution is 6.02. The van der Waals surface area contributed by atoms with E-state index < -0.39 is 215 Å². The zero-order valence-corrected chi connectivity index (χ0v) is 64.4. The van der Waals surface area contributed by atoms with Crippen molar-refractivity contribution in [2.45, 2.75) is 277 Å². The lowest BCUT2D eigenvalue weighted by Gasteiger charge is -2.45. The van der Waals surface area contributed by atoms with Crippen LogP contribution in [-0.2, 0) is 76.1 Å². The molecule has 0 aromatic carbocycles. The highest BCUT2D eigenvalue weighted by atomic mass is 16.7. The van der Waals surface area contributed by atoms with Crippen LogP contribution >= 0.6 is 0 Å². The van der Waals surface area contributed by atoms with Crippen molar-refractivity contribution in [2.24, 2.45) is 10.8 Å². The summed E-state index contributed by atoms with van der Waals surface area (Å²) in [4.78, 5) is 77.3. The second kappa shape index (κ2) is 43.2. The number of hydrogen-bond acceptors (Lipinski definition) is 29. The Balaban J connectivity index is 0.000000394. The van der Waals surface area contributed by atoms with E-state index in [-0.39, 0.29) is 30.8 Å². The van der Waals surface area contributed by atoms with Gasteiger partial charge in [-0.1, -0.05) is 166 Å². The van der Waals surface area contributed by atoms with Crippen LogP contribution in [0.4, 0.5) is 0 Å². The van der Waals surface area contributed by atoms with Gasteiger partial charge in [0.25, 0.3) is 0 Å². The Morgan fingerprint density at radius 3 is 1.18 bits per heavy atom. The van der Waals surface area contributed by atoms with Crippen molar-refractivity contribution in [1.82, 2.24) is 0 Å². The third-order valence-corrected chi connectivity index (χ3v) is 19.4. The van der Waals surface area contributed by atoms with Gasteiger partial charge < -0.3 is 114 Å². The molecular weight excluding hydrogens is 1420 g/mol. The topological polar surface area (TPSA) is 458 Å². The van der Waals surface area contributed by atoms with Crippen molar-refractivity contribution in [3.8, 4) is 0 Å². The molecule has 6 rings (SSSR count). The molecule has 29 heteroatoms. The Kier molecular flexibility index (Phi) is 36.7. The maximum Gasteiger partial charge on any atom is 0.307 e. The third-order valence-electron chi connectivity index (χ3n) is 19.4. The first-order chi connectivity index (χ1) is 51.2. The monoisotopic (exact) mass is 1540 g/mol. The van der Waals surface area contributed by atoms with Gasteiger partial charge in [0.1, 0.15) is 105 Å². The summed E-state index contributed by atoms with van der Waals surface area (Å²) in [5.74, 6) is -4.05. The molecule has 6 aliphatic rings. The van der Waals surface area contributed by atoms with Gasteiger partial charge in [0.15, 0.2) is 48.9 Å². The Morgan fingerprint density at radius 1 is 0.440 bits per heavy atom. The molecule has 4 aliphatic heterocycles. The Hall–Kier alpha value is -6.92. The molecule has 0 saturated carbocycles. The molecule has 0 aromatic heterocycles. The lowest BCUT2D eigenvalue weighted by molar-refractivity contribution is -0.355. The van der Waals surface area contributed by atoms with Gasteiger partial charge in [0.05, 0.1) is 38.4 Å². The Morgan fingerprint density at radius 2 is 0.798 bits per heavy atom. The van der Waals surface area contributed by atoms with E-state index in [1.165, 1.54) is 0 Å². The number of rotatable bonds is 29. The number of aliphatic hydroxyl groups excluding tert-OH is 13. The molecule has 0 aromatic rings. The van der Waals surface area contributed by atoms with Crippen LogP contribution < -0.4 is 0 Å². The molecule has 0 spiro atoms. The maximum atomic E-state index is 13.3. The van der Waals surface area contributed by atoms with Gasteiger partial charge in [0.2, 0.25) is 0 Å². The van der Waals surface area contributed by atoms with E-state index in [1.54, 1.807) is 20.8 Å². The summed E-state index contributed by atoms with van der Waals surface area (Å²) >= 11 is 0. The van der Waals surface area contributed by atoms with Crippen LogP contribution in [0.25, 0.3) is 0 Å². The first kappa shape index (κ1) is 92.7. The number of hydrogen-bond donors (Lipinski definition) is 13. The molecule has 22 atom stereocenters. The first-order valence-electron chi connectivity index (χ1n) is 36.5. The molecule has 4 saturated heterocycles. The summed E-state index contributed by atoms with van der Waals surface area (Å²) in [6.45, 7) is 24.7. The largest absolute Gasteiger partial charge is 0.463 e. The number of allylic oxidation sites excluding steroid dienone is 24. The zero-order valence-electron chi connectivity index (χ0n) is 64.4. The third kappa shape index (κ3) is 26.6. The summed E-state index contributed by atoms with van der Waals surface area (Å²) in [5.41, 5.74) is 6.89. The quantitative estimate of drug-likeness (QED) is 0.0287. The fourth-order valence-corrected chi connectivity index (χ4v) is 12.8. The van der Waals surface area contributed by atoms with Crippen molar-refractivity contribution in [3.05, 3.63) is 153 Å². The van der Waals surface area contributed by atoms with Crippen molar-refractivity contribution < 1.29 is 143 Å². The Labute approximate surface area is 636 Å². The number of aliphatic hydroxyl groups is 13. The average Bonchev–Trinajstić information content (AvgIpc) is 0.795.